The zero-order valence-corrected chi connectivity index (χ0v) is 22.3. The number of nitrogens with zero attached hydrogens (tertiary/aromatic N) is 2. The van der Waals surface area contributed by atoms with Crippen molar-refractivity contribution >= 4 is 57.3 Å². The molecular formula is C29H25N3O4S2. The molecule has 0 aromatic heterocycles. The van der Waals surface area contributed by atoms with E-state index in [1.54, 1.807) is 19.2 Å². The third kappa shape index (κ3) is 5.20. The van der Waals surface area contributed by atoms with E-state index < -0.39 is 0 Å². The predicted octanol–water partition coefficient (Wildman–Crippen LogP) is 4.17. The molecule has 3 aromatic rings. The molecule has 3 aromatic carbocycles. The van der Waals surface area contributed by atoms with Crippen molar-refractivity contribution in [2.45, 2.75) is 13.0 Å². The second-order valence-electron chi connectivity index (χ2n) is 8.80. The highest BCUT2D eigenvalue weighted by molar-refractivity contribution is 8.26. The first-order chi connectivity index (χ1) is 18.5. The maximum Gasteiger partial charge on any atom is 0.267 e. The van der Waals surface area contributed by atoms with Crippen molar-refractivity contribution in [3.63, 3.8) is 0 Å². The maximum absolute atomic E-state index is 13.6. The van der Waals surface area contributed by atoms with Crippen molar-refractivity contribution in [3.05, 3.63) is 100 Å². The van der Waals surface area contributed by atoms with Gasteiger partial charge < -0.3 is 10.1 Å². The number of ether oxygens (including phenoxy) is 1. The Labute approximate surface area is 230 Å². The minimum absolute atomic E-state index is 0.149. The van der Waals surface area contributed by atoms with Crippen LogP contribution in [0.2, 0.25) is 0 Å². The van der Waals surface area contributed by atoms with Gasteiger partial charge in [-0.05, 0) is 35.7 Å². The molecule has 0 atom stereocenters. The number of amides is 3. The molecule has 1 saturated heterocycles. The lowest BCUT2D eigenvalue weighted by atomic mass is 10.1. The van der Waals surface area contributed by atoms with E-state index in [0.29, 0.717) is 45.6 Å². The number of nitrogens with one attached hydrogen (secondary N) is 1. The molecule has 3 amide bonds. The second kappa shape index (κ2) is 11.2. The van der Waals surface area contributed by atoms with E-state index in [4.69, 9.17) is 17.0 Å². The summed E-state index contributed by atoms with van der Waals surface area (Å²) in [5.41, 5.74) is 3.53. The summed E-state index contributed by atoms with van der Waals surface area (Å²) in [4.78, 5) is 43.1. The Bertz CT molecular complexity index is 1440. The van der Waals surface area contributed by atoms with Crippen molar-refractivity contribution in [2.24, 2.45) is 0 Å². The highest BCUT2D eigenvalue weighted by Gasteiger charge is 2.42. The van der Waals surface area contributed by atoms with Gasteiger partial charge in [0.25, 0.3) is 11.8 Å². The van der Waals surface area contributed by atoms with Crippen LogP contribution in [0, 0.1) is 0 Å². The summed E-state index contributed by atoms with van der Waals surface area (Å²) in [5, 5.41) is 2.87. The molecule has 0 unspecified atom stereocenters. The Balaban J connectivity index is 1.33. The van der Waals surface area contributed by atoms with Crippen LogP contribution in [-0.2, 0) is 27.3 Å². The van der Waals surface area contributed by atoms with Crippen LogP contribution in [0.4, 0.5) is 5.69 Å². The number of thiocarbonyl (C=S) groups is 1. The third-order valence-electron chi connectivity index (χ3n) is 6.42. The van der Waals surface area contributed by atoms with Crippen LogP contribution in [0.1, 0.15) is 16.7 Å². The molecule has 0 bridgehead atoms. The third-order valence-corrected chi connectivity index (χ3v) is 7.87. The first-order valence-corrected chi connectivity index (χ1v) is 13.3. The number of carbonyl (C=O) groups is 3. The van der Waals surface area contributed by atoms with E-state index in [0.717, 1.165) is 28.6 Å². The van der Waals surface area contributed by atoms with Crippen molar-refractivity contribution in [1.29, 1.82) is 0 Å². The zero-order valence-electron chi connectivity index (χ0n) is 20.7. The first kappa shape index (κ1) is 25.7. The average Bonchev–Trinajstić information content (AvgIpc) is 3.38. The van der Waals surface area contributed by atoms with Gasteiger partial charge in [0.15, 0.2) is 0 Å². The van der Waals surface area contributed by atoms with Crippen LogP contribution in [-0.4, -0.2) is 47.1 Å². The second-order valence-corrected chi connectivity index (χ2v) is 10.4. The Morgan fingerprint density at radius 1 is 0.895 bits per heavy atom. The van der Waals surface area contributed by atoms with Crippen LogP contribution < -0.4 is 15.0 Å². The van der Waals surface area contributed by atoms with Crippen LogP contribution >= 0.6 is 24.0 Å². The number of methoxy groups -OCH3 is 1. The Hall–Kier alpha value is -3.95. The van der Waals surface area contributed by atoms with Gasteiger partial charge in [0.2, 0.25) is 5.91 Å². The largest absolute Gasteiger partial charge is 0.497 e. The average molecular weight is 544 g/mol. The summed E-state index contributed by atoms with van der Waals surface area (Å²) in [6.45, 7) is 0.613. The fraction of sp³-hybridized carbons (Fsp3) is 0.172. The molecule has 0 spiro atoms. The summed E-state index contributed by atoms with van der Waals surface area (Å²) >= 11 is 6.66. The van der Waals surface area contributed by atoms with E-state index in [2.05, 4.69) is 5.32 Å². The molecule has 0 saturated carbocycles. The van der Waals surface area contributed by atoms with Gasteiger partial charge in [-0.1, -0.05) is 84.6 Å². The van der Waals surface area contributed by atoms with Crippen LogP contribution in [0.5, 0.6) is 5.75 Å². The number of anilines is 1. The SMILES string of the molecule is COc1ccc(CCN2C(=O)C(=C3C(=O)N(CC(=O)NCc4ccccc4)c4ccccc43)SC2=S)cc1. The summed E-state index contributed by atoms with van der Waals surface area (Å²) < 4.78 is 5.61. The van der Waals surface area contributed by atoms with Crippen LogP contribution in [0.25, 0.3) is 5.57 Å². The molecule has 1 N–H and O–H groups in total. The number of carbonyl (C=O) groups excluding carboxylic acids is 3. The summed E-state index contributed by atoms with van der Waals surface area (Å²) in [6, 6.07) is 24.4. The van der Waals surface area contributed by atoms with Gasteiger partial charge in [0.1, 0.15) is 16.6 Å². The molecule has 2 aliphatic heterocycles. The molecule has 0 aliphatic carbocycles. The molecule has 1 fully saturated rings. The summed E-state index contributed by atoms with van der Waals surface area (Å²) in [6.07, 6.45) is 0.608. The van der Waals surface area contributed by atoms with E-state index in [-0.39, 0.29) is 24.3 Å². The Morgan fingerprint density at radius 3 is 2.34 bits per heavy atom. The molecule has 9 heteroatoms. The zero-order chi connectivity index (χ0) is 26.6. The first-order valence-electron chi connectivity index (χ1n) is 12.1. The lowest BCUT2D eigenvalue weighted by Gasteiger charge is -2.17. The summed E-state index contributed by atoms with van der Waals surface area (Å²) in [7, 11) is 1.61. The number of fused-ring (bicyclic) bond motifs is 1. The molecule has 192 valence electrons. The van der Waals surface area contributed by atoms with Gasteiger partial charge in [0.05, 0.1) is 23.3 Å². The van der Waals surface area contributed by atoms with Crippen molar-refractivity contribution in [3.8, 4) is 5.75 Å². The minimum Gasteiger partial charge on any atom is -0.497 e. The number of hydrogen-bond acceptors (Lipinski definition) is 6. The quantitative estimate of drug-likeness (QED) is 0.339. The van der Waals surface area contributed by atoms with Gasteiger partial charge in [-0.3, -0.25) is 24.2 Å². The molecule has 7 nitrogen and oxygen atoms in total. The van der Waals surface area contributed by atoms with Crippen molar-refractivity contribution in [2.75, 3.05) is 25.1 Å². The van der Waals surface area contributed by atoms with Crippen molar-refractivity contribution in [1.82, 2.24) is 10.2 Å². The van der Waals surface area contributed by atoms with Gasteiger partial charge in [-0.15, -0.1) is 0 Å². The fourth-order valence-electron chi connectivity index (χ4n) is 4.43. The molecule has 0 radical (unpaired) electrons. The van der Waals surface area contributed by atoms with Crippen LogP contribution in [0.15, 0.2) is 83.8 Å². The molecule has 2 aliphatic rings. The number of para-hydroxylation sites is 1. The van der Waals surface area contributed by atoms with Gasteiger partial charge in [0, 0.05) is 18.7 Å². The monoisotopic (exact) mass is 543 g/mol. The van der Waals surface area contributed by atoms with E-state index in [1.807, 2.05) is 66.7 Å². The minimum atomic E-state index is -0.378. The van der Waals surface area contributed by atoms with E-state index in [9.17, 15) is 14.4 Å². The van der Waals surface area contributed by atoms with Gasteiger partial charge in [-0.25, -0.2) is 0 Å². The highest BCUT2D eigenvalue weighted by Crippen LogP contribution is 2.44. The molecule has 2 heterocycles. The number of hydrogen-bond donors (Lipinski definition) is 1. The highest BCUT2D eigenvalue weighted by atomic mass is 32.2. The Morgan fingerprint density at radius 2 is 1.61 bits per heavy atom. The number of thioether (sulfide) groups is 1. The number of rotatable bonds is 8. The lowest BCUT2D eigenvalue weighted by Crippen LogP contribution is -2.38. The normalized spacial score (nSPS) is 16.7. The van der Waals surface area contributed by atoms with Gasteiger partial charge >= 0.3 is 0 Å². The fourth-order valence-corrected chi connectivity index (χ4v) is 5.81. The van der Waals surface area contributed by atoms with Gasteiger partial charge in [-0.2, -0.15) is 0 Å². The topological polar surface area (TPSA) is 79.0 Å². The standard InChI is InChI=1S/C29H25N3O4S2/c1-36-21-13-11-19(12-14-21)15-16-31-28(35)26(38-29(31)37)25-22-9-5-6-10-23(22)32(27(25)34)18-24(33)30-17-20-7-3-2-4-8-20/h2-14H,15-18H2,1H3,(H,30,33). The Kier molecular flexibility index (Phi) is 7.57. The van der Waals surface area contributed by atoms with Crippen molar-refractivity contribution < 1.29 is 19.1 Å². The van der Waals surface area contributed by atoms with Crippen LogP contribution in [0.3, 0.4) is 0 Å². The lowest BCUT2D eigenvalue weighted by molar-refractivity contribution is -0.122. The molecular weight excluding hydrogens is 518 g/mol. The number of benzene rings is 3. The predicted molar refractivity (Wildman–Crippen MR) is 153 cm³/mol. The maximum atomic E-state index is 13.6. The van der Waals surface area contributed by atoms with E-state index in [1.165, 1.54) is 9.80 Å². The van der Waals surface area contributed by atoms with E-state index >= 15 is 0 Å². The smallest absolute Gasteiger partial charge is 0.267 e. The molecule has 5 rings (SSSR count). The summed E-state index contributed by atoms with van der Waals surface area (Å²) in [5.74, 6) is -0.190. The molecule has 38 heavy (non-hydrogen) atoms.